The quantitative estimate of drug-likeness (QED) is 0.0986. The molecule has 0 aliphatic rings. The monoisotopic (exact) mass is 756 g/mol. The van der Waals surface area contributed by atoms with E-state index in [0.29, 0.717) is 0 Å². The molecule has 0 aromatic carbocycles. The smallest absolute Gasteiger partial charge is 0.822 e. The number of rotatable bonds is 0. The molecule has 32 heteroatoms. The Kier molecular flexibility index (Phi) is 90.4. The van der Waals surface area contributed by atoms with Crippen molar-refractivity contribution < 1.29 is 125 Å². The summed E-state index contributed by atoms with van der Waals surface area (Å²) in [6, 6.07) is 0. The molecular formula is H8AlCaO22P3Si3SrZn. The molecule has 0 bridgehead atoms. The zero-order valence-corrected chi connectivity index (χ0v) is 30.3. The third kappa shape index (κ3) is 3680. The molecule has 0 aromatic heterocycles. The molecule has 0 rings (SSSR count). The molecule has 0 saturated heterocycles. The summed E-state index contributed by atoms with van der Waals surface area (Å²) >= 11 is 0. The first-order valence-corrected chi connectivity index (χ1v) is 12.4. The molecule has 32 heavy (non-hydrogen) atoms. The standard InChI is InChI=1S/Al.Ca.3H3O4P.3H2O3Si.H2O.Sr.Zn/c;;3*1-5(2,3)4;3*1-4(2)3;;;/h;;3*(H3,1,2,3,4);3*1-2H;1H2;;/q+3;+2;;;;;;;;2*+2/p-9. The van der Waals surface area contributed by atoms with Crippen LogP contribution >= 0.6 is 23.5 Å². The second-order valence-electron chi connectivity index (χ2n) is 2.19. The van der Waals surface area contributed by atoms with Crippen LogP contribution in [0.15, 0.2) is 0 Å². The summed E-state index contributed by atoms with van der Waals surface area (Å²) in [5.41, 5.74) is 0. The molecular weight excluding hydrogens is 749 g/mol. The van der Waals surface area contributed by atoms with E-state index in [2.05, 4.69) is 0 Å². The van der Waals surface area contributed by atoms with E-state index in [1.807, 2.05) is 0 Å². The first kappa shape index (κ1) is 70.3. The predicted octanol–water partition coefficient (Wildman–Crippen LogP) is -15.3. The molecule has 0 unspecified atom stereocenters. The molecule has 0 spiro atoms. The molecule has 0 atom stereocenters. The zero-order valence-electron chi connectivity index (χ0n) is 14.8. The van der Waals surface area contributed by atoms with E-state index >= 15 is 0 Å². The summed E-state index contributed by atoms with van der Waals surface area (Å²) in [5, 5.41) is 0. The summed E-state index contributed by atoms with van der Waals surface area (Å²) in [6.45, 7) is 0. The van der Waals surface area contributed by atoms with Gasteiger partial charge in [-0.05, 0) is 0 Å². The van der Waals surface area contributed by atoms with Gasteiger partial charge in [0.05, 0.1) is 0 Å². The van der Waals surface area contributed by atoms with Crippen molar-refractivity contribution >= 4 is 152 Å². The van der Waals surface area contributed by atoms with Gasteiger partial charge in [0, 0.05) is 0 Å². The maximum Gasteiger partial charge on any atom is 3.00 e. The maximum absolute atomic E-state index is 8.74. The van der Waals surface area contributed by atoms with Crippen molar-refractivity contribution in [2.75, 3.05) is 0 Å². The number of hydrogen-bond donors (Lipinski definition) is 6. The molecule has 0 aliphatic heterocycles. The second-order valence-corrected chi connectivity index (χ2v) is 6.57. The van der Waals surface area contributed by atoms with E-state index < -0.39 is 51.0 Å². The van der Waals surface area contributed by atoms with E-state index in [1.165, 1.54) is 0 Å². The average molecular weight is 757 g/mol. The van der Waals surface area contributed by atoms with Gasteiger partial charge in [-0.15, -0.1) is 0 Å². The van der Waals surface area contributed by atoms with Gasteiger partial charge in [0.15, 0.2) is 0 Å². The van der Waals surface area contributed by atoms with Crippen LogP contribution in [0.3, 0.4) is 0 Å². The number of hydrogen-bond acceptors (Lipinski definition) is 15. The van der Waals surface area contributed by atoms with Gasteiger partial charge in [-0.25, -0.2) is 0 Å². The minimum atomic E-state index is -5.39. The van der Waals surface area contributed by atoms with Crippen molar-refractivity contribution in [2.45, 2.75) is 0 Å². The van der Waals surface area contributed by atoms with Crippen LogP contribution in [0.2, 0.25) is 0 Å². The number of phosphoric acid groups is 3. The molecule has 176 valence electrons. The first-order chi connectivity index (χ1) is 11.2. The van der Waals surface area contributed by atoms with Crippen molar-refractivity contribution in [3.63, 3.8) is 0 Å². The third-order valence-corrected chi connectivity index (χ3v) is 0. The largest absolute Gasteiger partial charge is 3.00 e. The molecule has 0 aromatic rings. The summed E-state index contributed by atoms with van der Waals surface area (Å²) in [5.74, 6) is 0. The van der Waals surface area contributed by atoms with Crippen LogP contribution in [0.1, 0.15) is 0 Å². The van der Waals surface area contributed by atoms with Gasteiger partial charge < -0.3 is 92.0 Å². The van der Waals surface area contributed by atoms with E-state index in [0.717, 1.165) is 0 Å². The fourth-order valence-corrected chi connectivity index (χ4v) is 0. The minimum absolute atomic E-state index is 0. The Hall–Kier alpha value is 3.04. The van der Waals surface area contributed by atoms with Crippen molar-refractivity contribution in [3.8, 4) is 0 Å². The Balaban J connectivity index is -0.0000000179. The molecule has 0 amide bonds. The Morgan fingerprint density at radius 2 is 0.500 bits per heavy atom. The van der Waals surface area contributed by atoms with Crippen molar-refractivity contribution in [1.82, 2.24) is 0 Å². The molecule has 0 fully saturated rings. The maximum atomic E-state index is 8.74. The van der Waals surface area contributed by atoms with Gasteiger partial charge in [0.2, 0.25) is 0 Å². The van der Waals surface area contributed by atoms with Gasteiger partial charge in [-0.3, -0.25) is 13.4 Å². The average Bonchev–Trinajstić information content (AvgIpc) is 2.01. The molecule has 8 N–H and O–H groups in total. The van der Waals surface area contributed by atoms with Crippen molar-refractivity contribution in [1.29, 1.82) is 0 Å². The summed E-state index contributed by atoms with van der Waals surface area (Å²) in [6.07, 6.45) is 0. The van der Waals surface area contributed by atoms with E-state index in [1.54, 1.807) is 0 Å². The van der Waals surface area contributed by atoms with E-state index in [4.69, 9.17) is 99.9 Å². The fourth-order valence-electron chi connectivity index (χ4n) is 0. The van der Waals surface area contributed by atoms with Crippen LogP contribution in [0.25, 0.3) is 0 Å². The van der Waals surface area contributed by atoms with Gasteiger partial charge >= 0.3 is 148 Å². The summed E-state index contributed by atoms with van der Waals surface area (Å²) in [4.78, 5) is 120. The molecule has 22 nitrogen and oxygen atoms in total. The van der Waals surface area contributed by atoms with E-state index in [9.17, 15) is 0 Å². The predicted molar refractivity (Wildman–Crippen MR) is 76.3 cm³/mol. The Bertz CT molecular complexity index is 428. The Labute approximate surface area is 272 Å². The summed E-state index contributed by atoms with van der Waals surface area (Å²) < 4.78 is 51.9. The molecule has 0 radical (unpaired) electrons. The van der Waals surface area contributed by atoms with Gasteiger partial charge in [-0.2, -0.15) is 23.5 Å². The van der Waals surface area contributed by atoms with Gasteiger partial charge in [0.1, 0.15) is 0 Å². The minimum Gasteiger partial charge on any atom is -0.822 e. The Morgan fingerprint density at radius 3 is 0.500 bits per heavy atom. The normalized spacial score (nSPS) is 7.78. The molecule has 0 aliphatic carbocycles. The third-order valence-electron chi connectivity index (χ3n) is 0. The van der Waals surface area contributed by atoms with Crippen molar-refractivity contribution in [2.24, 2.45) is 0 Å². The van der Waals surface area contributed by atoms with Crippen LogP contribution in [-0.2, 0) is 46.6 Å². The van der Waals surface area contributed by atoms with Crippen LogP contribution in [0.4, 0.5) is 0 Å². The summed E-state index contributed by atoms with van der Waals surface area (Å²) in [7, 11) is -25.6. The van der Waals surface area contributed by atoms with Crippen LogP contribution < -0.4 is 44.0 Å². The van der Waals surface area contributed by atoms with Gasteiger partial charge in [-0.1, -0.05) is 0 Å². The second kappa shape index (κ2) is 41.2. The van der Waals surface area contributed by atoms with Crippen molar-refractivity contribution in [3.05, 3.63) is 0 Å². The molecule has 0 heterocycles. The van der Waals surface area contributed by atoms with Crippen LogP contribution in [0.5, 0.6) is 0 Å². The van der Waals surface area contributed by atoms with E-state index in [-0.39, 0.29) is 126 Å². The molecule has 0 saturated carbocycles. The Morgan fingerprint density at radius 1 is 0.500 bits per heavy atom. The van der Waals surface area contributed by atoms with Crippen LogP contribution in [0, 0.1) is 0 Å². The van der Waals surface area contributed by atoms with Crippen LogP contribution in [-0.4, -0.2) is 162 Å². The fraction of sp³-hybridized carbons (Fsp3) is 0. The van der Waals surface area contributed by atoms with Gasteiger partial charge in [0.25, 0.3) is 0 Å². The zero-order chi connectivity index (χ0) is 24.2. The topological polar surface area (TPSA) is 463 Å². The SMILES string of the molecule is O.O=P([O-])([O-])[O-].O=P([O-])([O-])[O-].O=P([O-])([O-])[O-].O=[Si](O)O.O=[Si](O)O.O=[Si](O)O.[Al+3].[Ca+2].[Sr+2].[Zn+2]. The first-order valence-electron chi connectivity index (χ1n) is 4.14.